The second kappa shape index (κ2) is 7.25. The van der Waals surface area contributed by atoms with Gasteiger partial charge >= 0.3 is 0 Å². The molecule has 0 radical (unpaired) electrons. The fourth-order valence-corrected chi connectivity index (χ4v) is 3.54. The van der Waals surface area contributed by atoms with Gasteiger partial charge in [-0.2, -0.15) is 0 Å². The van der Waals surface area contributed by atoms with Crippen molar-refractivity contribution < 1.29 is 9.53 Å². The van der Waals surface area contributed by atoms with Crippen LogP contribution in [0.15, 0.2) is 18.2 Å². The molecule has 1 amide bonds. The molecular weight excluding hydrogens is 312 g/mol. The Hall–Kier alpha value is -1.70. The van der Waals surface area contributed by atoms with Crippen molar-refractivity contribution in [3.8, 4) is 18.1 Å². The lowest BCUT2D eigenvalue weighted by Gasteiger charge is -2.32. The fraction of sp³-hybridized carbons (Fsp3) is 0.500. The monoisotopic (exact) mass is 332 g/mol. The van der Waals surface area contributed by atoms with Crippen molar-refractivity contribution in [2.24, 2.45) is 5.92 Å². The number of hydrogen-bond acceptors (Lipinski definition) is 3. The number of nitrogens with one attached hydrogen (secondary N) is 1. The molecule has 0 aromatic heterocycles. The molecule has 1 N–H and O–H groups in total. The molecule has 4 nitrogen and oxygen atoms in total. The zero-order chi connectivity index (χ0) is 16.2. The van der Waals surface area contributed by atoms with Crippen LogP contribution in [0.4, 0.5) is 0 Å². The van der Waals surface area contributed by atoms with E-state index in [0.29, 0.717) is 23.9 Å². The number of halogens is 1. The summed E-state index contributed by atoms with van der Waals surface area (Å²) >= 11 is 6.18. The van der Waals surface area contributed by atoms with Crippen LogP contribution in [0.2, 0.25) is 5.02 Å². The smallest absolute Gasteiger partial charge is 0.223 e. The van der Waals surface area contributed by atoms with Gasteiger partial charge in [0.1, 0.15) is 5.75 Å². The van der Waals surface area contributed by atoms with Crippen molar-refractivity contribution in [3.63, 3.8) is 0 Å². The van der Waals surface area contributed by atoms with Gasteiger partial charge in [-0.05, 0) is 32.0 Å². The Morgan fingerprint density at radius 1 is 1.39 bits per heavy atom. The minimum atomic E-state index is -0.0197. The molecule has 2 heterocycles. The Labute approximate surface area is 142 Å². The van der Waals surface area contributed by atoms with Gasteiger partial charge in [-0.3, -0.25) is 9.69 Å². The molecule has 5 heteroatoms. The number of hydrogen-bond donors (Lipinski definition) is 1. The first-order valence-electron chi connectivity index (χ1n) is 8.06. The zero-order valence-electron chi connectivity index (χ0n) is 13.1. The van der Waals surface area contributed by atoms with Crippen molar-refractivity contribution >= 4 is 17.5 Å². The van der Waals surface area contributed by atoms with E-state index in [9.17, 15) is 4.79 Å². The first kappa shape index (κ1) is 16.2. The van der Waals surface area contributed by atoms with Gasteiger partial charge in [0.2, 0.25) is 5.91 Å². The second-order valence-electron chi connectivity index (χ2n) is 6.11. The number of benzene rings is 1. The van der Waals surface area contributed by atoms with Crippen LogP contribution in [0.5, 0.6) is 5.75 Å². The Balaban J connectivity index is 1.62. The highest BCUT2D eigenvalue weighted by molar-refractivity contribution is 6.32. The molecule has 1 aromatic rings. The minimum absolute atomic E-state index is 0.0197. The van der Waals surface area contributed by atoms with Crippen molar-refractivity contribution in [1.29, 1.82) is 0 Å². The molecule has 3 rings (SSSR count). The Kier molecular flexibility index (Phi) is 5.09. The van der Waals surface area contributed by atoms with Crippen LogP contribution in [0, 0.1) is 18.3 Å². The van der Waals surface area contributed by atoms with Gasteiger partial charge in [0, 0.05) is 17.9 Å². The number of rotatable bonds is 3. The molecule has 1 atom stereocenters. The summed E-state index contributed by atoms with van der Waals surface area (Å²) in [5.41, 5.74) is 0.974. The van der Waals surface area contributed by atoms with Crippen LogP contribution in [-0.2, 0) is 4.79 Å². The molecule has 0 saturated carbocycles. The molecule has 0 aliphatic carbocycles. The number of para-hydroxylation sites is 1. The number of likely N-dealkylation sites (tertiary alicyclic amines) is 1. The van der Waals surface area contributed by atoms with E-state index in [1.54, 1.807) is 0 Å². The molecule has 23 heavy (non-hydrogen) atoms. The lowest BCUT2D eigenvalue weighted by Crippen LogP contribution is -2.42. The Morgan fingerprint density at radius 2 is 2.17 bits per heavy atom. The number of carbonyl (C=O) groups is 1. The third kappa shape index (κ3) is 3.63. The molecule has 1 fully saturated rings. The first-order valence-corrected chi connectivity index (χ1v) is 8.44. The van der Waals surface area contributed by atoms with Gasteiger partial charge in [0.05, 0.1) is 24.2 Å². The standard InChI is InChI=1S/C18H21ClN2O2/c1-2-9-21-10-6-13(7-11-21)18(22)20-16-8-12-23-17-14(16)4-3-5-15(17)19/h1,3-5,13,16H,6-12H2,(H,20,22)/t16-/m0/s1. The van der Waals surface area contributed by atoms with E-state index in [1.807, 2.05) is 18.2 Å². The first-order chi connectivity index (χ1) is 11.2. The van der Waals surface area contributed by atoms with Crippen LogP contribution in [0.1, 0.15) is 30.9 Å². The van der Waals surface area contributed by atoms with E-state index in [1.165, 1.54) is 0 Å². The number of amides is 1. The van der Waals surface area contributed by atoms with E-state index in [0.717, 1.165) is 37.9 Å². The Morgan fingerprint density at radius 3 is 2.91 bits per heavy atom. The van der Waals surface area contributed by atoms with Gasteiger partial charge in [-0.1, -0.05) is 29.7 Å². The summed E-state index contributed by atoms with van der Waals surface area (Å²) in [4.78, 5) is 14.8. The average molecular weight is 333 g/mol. The van der Waals surface area contributed by atoms with Crippen molar-refractivity contribution in [2.45, 2.75) is 25.3 Å². The van der Waals surface area contributed by atoms with Crippen molar-refractivity contribution in [2.75, 3.05) is 26.2 Å². The van der Waals surface area contributed by atoms with Gasteiger partial charge < -0.3 is 10.1 Å². The van der Waals surface area contributed by atoms with Crippen molar-refractivity contribution in [1.82, 2.24) is 10.2 Å². The molecule has 0 bridgehead atoms. The summed E-state index contributed by atoms with van der Waals surface area (Å²) in [6, 6.07) is 5.66. The van der Waals surface area contributed by atoms with E-state index >= 15 is 0 Å². The lowest BCUT2D eigenvalue weighted by atomic mass is 9.94. The number of piperidine rings is 1. The third-order valence-electron chi connectivity index (χ3n) is 4.62. The number of nitrogens with zero attached hydrogens (tertiary/aromatic N) is 1. The number of carbonyl (C=O) groups excluding carboxylic acids is 1. The summed E-state index contributed by atoms with van der Waals surface area (Å²) in [6.07, 6.45) is 7.83. The predicted molar refractivity (Wildman–Crippen MR) is 90.4 cm³/mol. The maximum Gasteiger partial charge on any atom is 0.223 e. The van der Waals surface area contributed by atoms with E-state index < -0.39 is 0 Å². The fourth-order valence-electron chi connectivity index (χ4n) is 3.31. The van der Waals surface area contributed by atoms with Crippen LogP contribution in [0.3, 0.4) is 0 Å². The second-order valence-corrected chi connectivity index (χ2v) is 6.52. The highest BCUT2D eigenvalue weighted by Crippen LogP contribution is 2.37. The summed E-state index contributed by atoms with van der Waals surface area (Å²) in [6.45, 7) is 3.01. The van der Waals surface area contributed by atoms with Crippen molar-refractivity contribution in [3.05, 3.63) is 28.8 Å². The lowest BCUT2D eigenvalue weighted by molar-refractivity contribution is -0.127. The molecule has 0 unspecified atom stereocenters. The molecule has 1 saturated heterocycles. The number of fused-ring (bicyclic) bond motifs is 1. The summed E-state index contributed by atoms with van der Waals surface area (Å²) in [5.74, 6) is 3.56. The highest BCUT2D eigenvalue weighted by Gasteiger charge is 2.29. The summed E-state index contributed by atoms with van der Waals surface area (Å²) in [7, 11) is 0. The molecule has 2 aliphatic heterocycles. The predicted octanol–water partition coefficient (Wildman–Crippen LogP) is 2.63. The van der Waals surface area contributed by atoms with Crippen LogP contribution < -0.4 is 10.1 Å². The zero-order valence-corrected chi connectivity index (χ0v) is 13.8. The highest BCUT2D eigenvalue weighted by atomic mass is 35.5. The largest absolute Gasteiger partial charge is 0.492 e. The maximum absolute atomic E-state index is 12.6. The maximum atomic E-state index is 12.6. The van der Waals surface area contributed by atoms with Gasteiger partial charge in [-0.15, -0.1) is 6.42 Å². The average Bonchev–Trinajstić information content (AvgIpc) is 2.57. The third-order valence-corrected chi connectivity index (χ3v) is 4.91. The molecule has 0 spiro atoms. The van der Waals surface area contributed by atoms with Gasteiger partial charge in [0.25, 0.3) is 0 Å². The number of terminal acetylenes is 1. The normalized spacial score (nSPS) is 21.8. The van der Waals surface area contributed by atoms with E-state index in [4.69, 9.17) is 22.8 Å². The molecule has 1 aromatic carbocycles. The van der Waals surface area contributed by atoms with Crippen LogP contribution in [0.25, 0.3) is 0 Å². The summed E-state index contributed by atoms with van der Waals surface area (Å²) < 4.78 is 5.64. The van der Waals surface area contributed by atoms with Crippen LogP contribution >= 0.6 is 11.6 Å². The molecule has 122 valence electrons. The van der Waals surface area contributed by atoms with Crippen LogP contribution in [-0.4, -0.2) is 37.0 Å². The molecular formula is C18H21ClN2O2. The SMILES string of the molecule is C#CCN1CCC(C(=O)N[C@H]2CCOc3c(Cl)cccc32)CC1. The van der Waals surface area contributed by atoms with Gasteiger partial charge in [0.15, 0.2) is 0 Å². The molecule has 2 aliphatic rings. The minimum Gasteiger partial charge on any atom is -0.492 e. The quantitative estimate of drug-likeness (QED) is 0.865. The van der Waals surface area contributed by atoms with E-state index in [-0.39, 0.29) is 17.9 Å². The number of ether oxygens (including phenoxy) is 1. The Bertz CT molecular complexity index is 618. The summed E-state index contributed by atoms with van der Waals surface area (Å²) in [5, 5.41) is 3.78. The van der Waals surface area contributed by atoms with Gasteiger partial charge in [-0.25, -0.2) is 0 Å². The topological polar surface area (TPSA) is 41.6 Å². The van der Waals surface area contributed by atoms with E-state index in [2.05, 4.69) is 16.1 Å².